The molecule has 1 aliphatic carbocycles. The number of nitrogens with one attached hydrogen (secondary N) is 2. The minimum atomic E-state index is -0.537. The second-order valence-electron chi connectivity index (χ2n) is 8.58. The van der Waals surface area contributed by atoms with Crippen LogP contribution in [0.1, 0.15) is 28.9 Å². The Morgan fingerprint density at radius 1 is 1.09 bits per heavy atom. The van der Waals surface area contributed by atoms with E-state index in [-0.39, 0.29) is 18.0 Å². The van der Waals surface area contributed by atoms with E-state index in [0.29, 0.717) is 27.5 Å². The number of rotatable bonds is 4. The Morgan fingerprint density at radius 2 is 1.91 bits per heavy atom. The average molecular weight is 471 g/mol. The van der Waals surface area contributed by atoms with Gasteiger partial charge in [0.1, 0.15) is 9.71 Å². The molecule has 8 heteroatoms. The van der Waals surface area contributed by atoms with Crippen LogP contribution in [0, 0.1) is 0 Å². The molecule has 2 atom stereocenters. The molecular formula is C26H22N4O3S. The minimum absolute atomic E-state index is 0.270. The van der Waals surface area contributed by atoms with Gasteiger partial charge in [0.25, 0.3) is 5.91 Å². The van der Waals surface area contributed by atoms with Crippen LogP contribution in [-0.4, -0.2) is 34.2 Å². The van der Waals surface area contributed by atoms with E-state index in [1.165, 1.54) is 11.3 Å². The lowest BCUT2D eigenvalue weighted by Gasteiger charge is -2.28. The van der Waals surface area contributed by atoms with E-state index in [2.05, 4.69) is 15.6 Å². The molecule has 4 aromatic rings. The number of carbonyl (C=O) groups is 2. The first-order valence-corrected chi connectivity index (χ1v) is 12.1. The number of nitrogens with zero attached hydrogens (tertiary/aromatic N) is 2. The minimum Gasteiger partial charge on any atom is -0.391 e. The summed E-state index contributed by atoms with van der Waals surface area (Å²) in [6, 6.07) is 19.0. The summed E-state index contributed by atoms with van der Waals surface area (Å²) in [4.78, 5) is 33.6. The van der Waals surface area contributed by atoms with Gasteiger partial charge in [0, 0.05) is 6.20 Å². The van der Waals surface area contributed by atoms with Gasteiger partial charge in [-0.1, -0.05) is 42.5 Å². The first-order chi connectivity index (χ1) is 16.6. The number of aromatic nitrogens is 1. The Bertz CT molecular complexity index is 1420. The van der Waals surface area contributed by atoms with Gasteiger partial charge in [0.05, 0.1) is 34.6 Å². The molecule has 0 spiro atoms. The van der Waals surface area contributed by atoms with E-state index in [1.807, 2.05) is 54.6 Å². The van der Waals surface area contributed by atoms with Gasteiger partial charge in [-0.15, -0.1) is 11.3 Å². The van der Waals surface area contributed by atoms with Gasteiger partial charge in [0.2, 0.25) is 0 Å². The smallest absolute Gasteiger partial charge is 0.331 e. The van der Waals surface area contributed by atoms with Gasteiger partial charge in [-0.3, -0.25) is 9.69 Å². The van der Waals surface area contributed by atoms with Crippen LogP contribution in [0.15, 0.2) is 66.9 Å². The zero-order valence-electron chi connectivity index (χ0n) is 18.2. The van der Waals surface area contributed by atoms with Crippen LogP contribution < -0.4 is 15.5 Å². The Hall–Kier alpha value is -3.75. The fourth-order valence-corrected chi connectivity index (χ4v) is 5.82. The van der Waals surface area contributed by atoms with Gasteiger partial charge < -0.3 is 15.7 Å². The number of hydrogen-bond acceptors (Lipinski definition) is 5. The van der Waals surface area contributed by atoms with Gasteiger partial charge in [-0.25, -0.2) is 9.78 Å². The molecule has 2 aromatic carbocycles. The summed E-state index contributed by atoms with van der Waals surface area (Å²) in [5.41, 5.74) is 3.95. The highest BCUT2D eigenvalue weighted by molar-refractivity contribution is 7.21. The second-order valence-corrected chi connectivity index (χ2v) is 9.58. The fourth-order valence-electron chi connectivity index (χ4n) is 4.80. The number of anilines is 3. The third-order valence-corrected chi connectivity index (χ3v) is 7.56. The zero-order valence-corrected chi connectivity index (χ0v) is 19.0. The van der Waals surface area contributed by atoms with Crippen LogP contribution in [0.5, 0.6) is 0 Å². The molecule has 1 aliphatic heterocycles. The number of aliphatic hydroxyl groups is 1. The normalized spacial score (nSPS) is 19.3. The predicted octanol–water partition coefficient (Wildman–Crippen LogP) is 5.29. The van der Waals surface area contributed by atoms with Crippen molar-refractivity contribution in [2.75, 3.05) is 10.2 Å². The number of hydrogen-bond donors (Lipinski definition) is 3. The highest BCUT2D eigenvalue weighted by Gasteiger charge is 2.34. The molecule has 6 rings (SSSR count). The molecule has 3 amide bonds. The van der Waals surface area contributed by atoms with Crippen LogP contribution in [0.25, 0.3) is 21.3 Å². The highest BCUT2D eigenvalue weighted by Crippen LogP contribution is 2.46. The first kappa shape index (κ1) is 20.8. The van der Waals surface area contributed by atoms with Crippen molar-refractivity contribution in [1.82, 2.24) is 10.3 Å². The molecule has 2 aromatic heterocycles. The summed E-state index contributed by atoms with van der Waals surface area (Å²) in [5, 5.41) is 16.7. The number of urea groups is 1. The zero-order chi connectivity index (χ0) is 23.2. The molecule has 2 aliphatic rings. The molecule has 0 saturated heterocycles. The summed E-state index contributed by atoms with van der Waals surface area (Å²) in [5.74, 6) is -0.297. The van der Waals surface area contributed by atoms with E-state index in [0.717, 1.165) is 35.0 Å². The summed E-state index contributed by atoms with van der Waals surface area (Å²) >= 11 is 1.25. The van der Waals surface area contributed by atoms with Crippen molar-refractivity contribution in [2.24, 2.45) is 0 Å². The average Bonchev–Trinajstić information content (AvgIpc) is 3.44. The molecule has 0 unspecified atom stereocenters. The lowest BCUT2D eigenvalue weighted by atomic mass is 10.0. The number of thiophene rings is 1. The molecule has 7 nitrogen and oxygen atoms in total. The highest BCUT2D eigenvalue weighted by atomic mass is 32.1. The molecular weight excluding hydrogens is 448 g/mol. The molecule has 1 fully saturated rings. The van der Waals surface area contributed by atoms with Crippen LogP contribution in [0.2, 0.25) is 0 Å². The standard InChI is InChI=1S/C26H22N4O3S/c31-20-11-5-10-18(20)28-24(32)23-22-21-19(12-13-27-25(21)34-23)30(26(33)29-22)17-9-4-8-16(14-17)15-6-2-1-3-7-15/h1-4,6-9,12-14,18,20,31H,5,10-11H2,(H,28,32)(H,29,33)/t18-,20-/m1/s1. The van der Waals surface area contributed by atoms with Crippen molar-refractivity contribution < 1.29 is 14.7 Å². The molecule has 170 valence electrons. The van der Waals surface area contributed by atoms with Crippen LogP contribution in [-0.2, 0) is 0 Å². The summed E-state index contributed by atoms with van der Waals surface area (Å²) in [6.45, 7) is 0. The lowest BCUT2D eigenvalue weighted by Crippen LogP contribution is -2.40. The molecule has 0 bridgehead atoms. The fraction of sp³-hybridized carbons (Fsp3) is 0.192. The van der Waals surface area contributed by atoms with Gasteiger partial charge in [0.15, 0.2) is 0 Å². The number of amides is 3. The number of benzene rings is 2. The molecule has 0 radical (unpaired) electrons. The van der Waals surface area contributed by atoms with E-state index >= 15 is 0 Å². The third-order valence-electron chi connectivity index (χ3n) is 6.46. The van der Waals surface area contributed by atoms with E-state index in [4.69, 9.17) is 0 Å². The Morgan fingerprint density at radius 3 is 2.71 bits per heavy atom. The Labute approximate surface area is 200 Å². The van der Waals surface area contributed by atoms with Crippen LogP contribution >= 0.6 is 11.3 Å². The summed E-state index contributed by atoms with van der Waals surface area (Å²) in [6.07, 6.45) is 3.43. The molecule has 3 heterocycles. The molecule has 3 N–H and O–H groups in total. The van der Waals surface area contributed by atoms with Crippen molar-refractivity contribution in [3.8, 4) is 11.1 Å². The van der Waals surface area contributed by atoms with Crippen molar-refractivity contribution in [1.29, 1.82) is 0 Å². The summed E-state index contributed by atoms with van der Waals surface area (Å²) in [7, 11) is 0. The number of aliphatic hydroxyl groups excluding tert-OH is 1. The Balaban J connectivity index is 1.41. The van der Waals surface area contributed by atoms with Crippen molar-refractivity contribution in [3.63, 3.8) is 0 Å². The van der Waals surface area contributed by atoms with Crippen molar-refractivity contribution in [2.45, 2.75) is 31.4 Å². The van der Waals surface area contributed by atoms with E-state index in [9.17, 15) is 14.7 Å². The predicted molar refractivity (Wildman–Crippen MR) is 134 cm³/mol. The maximum absolute atomic E-state index is 13.3. The number of carbonyl (C=O) groups excluding carboxylic acids is 2. The number of pyridine rings is 1. The lowest BCUT2D eigenvalue weighted by molar-refractivity contribution is 0.0878. The second kappa shape index (κ2) is 8.23. The first-order valence-electron chi connectivity index (χ1n) is 11.3. The van der Waals surface area contributed by atoms with Gasteiger partial charge in [-0.05, 0) is 48.6 Å². The Kier molecular flexibility index (Phi) is 5.04. The monoisotopic (exact) mass is 470 g/mol. The third kappa shape index (κ3) is 3.43. The SMILES string of the molecule is O=C(N[C@@H]1CCC[C@H]1O)c1sc2nccc3c2c1NC(=O)N3c1cccc(-c2ccccc2)c1. The van der Waals surface area contributed by atoms with Gasteiger partial charge in [-0.2, -0.15) is 0 Å². The quantitative estimate of drug-likeness (QED) is 0.378. The van der Waals surface area contributed by atoms with Crippen LogP contribution in [0.4, 0.5) is 21.9 Å². The van der Waals surface area contributed by atoms with Crippen molar-refractivity contribution in [3.05, 3.63) is 71.7 Å². The maximum Gasteiger partial charge on any atom is 0.331 e. The largest absolute Gasteiger partial charge is 0.391 e. The van der Waals surface area contributed by atoms with Gasteiger partial charge >= 0.3 is 6.03 Å². The molecule has 34 heavy (non-hydrogen) atoms. The summed E-state index contributed by atoms with van der Waals surface area (Å²) < 4.78 is 0. The van der Waals surface area contributed by atoms with Crippen LogP contribution in [0.3, 0.4) is 0 Å². The topological polar surface area (TPSA) is 94.6 Å². The van der Waals surface area contributed by atoms with Crippen molar-refractivity contribution >= 4 is 50.6 Å². The van der Waals surface area contributed by atoms with E-state index in [1.54, 1.807) is 17.2 Å². The molecule has 1 saturated carbocycles. The van der Waals surface area contributed by atoms with E-state index < -0.39 is 6.10 Å². The maximum atomic E-state index is 13.3.